The summed E-state index contributed by atoms with van der Waals surface area (Å²) in [4.78, 5) is 13.8. The fraction of sp³-hybridized carbons (Fsp3) is 0.842. The van der Waals surface area contributed by atoms with Crippen LogP contribution >= 0.6 is 0 Å². The summed E-state index contributed by atoms with van der Waals surface area (Å²) >= 11 is 0. The van der Waals surface area contributed by atoms with Crippen molar-refractivity contribution in [3.05, 3.63) is 0 Å². The van der Waals surface area contributed by atoms with E-state index in [1.165, 1.54) is 6.42 Å². The van der Waals surface area contributed by atoms with Gasteiger partial charge in [0.25, 0.3) is 5.91 Å². The van der Waals surface area contributed by atoms with Gasteiger partial charge in [-0.1, -0.05) is 53.4 Å². The molecule has 0 saturated carbocycles. The van der Waals surface area contributed by atoms with Crippen molar-refractivity contribution in [3.8, 4) is 11.8 Å². The van der Waals surface area contributed by atoms with Crippen LogP contribution in [0.3, 0.4) is 0 Å². The van der Waals surface area contributed by atoms with Crippen LogP contribution in [0.1, 0.15) is 73.6 Å². The highest BCUT2D eigenvalue weighted by molar-refractivity contribution is 5.99. The van der Waals surface area contributed by atoms with Gasteiger partial charge in [0.1, 0.15) is 16.1 Å². The zero-order valence-electron chi connectivity index (χ0n) is 16.6. The molecule has 0 aliphatic heterocycles. The van der Waals surface area contributed by atoms with Crippen molar-refractivity contribution in [2.75, 3.05) is 13.6 Å². The van der Waals surface area contributed by atoms with Crippen LogP contribution in [0.2, 0.25) is 0 Å². The average molecular weight is 340 g/mol. The Bertz CT molecular complexity index is 419. The third-order valence-electron chi connectivity index (χ3n) is 4.54. The van der Waals surface area contributed by atoms with E-state index < -0.39 is 5.60 Å². The molecule has 0 spiro atoms. The number of hydrogen-bond donors (Lipinski definition) is 0. The first-order valence-corrected chi connectivity index (χ1v) is 9.70. The van der Waals surface area contributed by atoms with E-state index in [-0.39, 0.29) is 5.91 Å². The van der Waals surface area contributed by atoms with Crippen molar-refractivity contribution >= 4 is 16.4 Å². The maximum absolute atomic E-state index is 12.1. The van der Waals surface area contributed by atoms with Crippen LogP contribution in [0.4, 0.5) is 0 Å². The molecule has 134 valence electrons. The topological polar surface area (TPSA) is 29.5 Å². The second-order valence-electron chi connectivity index (χ2n) is 8.00. The van der Waals surface area contributed by atoms with Crippen molar-refractivity contribution < 1.29 is 9.22 Å². The highest BCUT2D eigenvalue weighted by atomic mass is 28.2. The fourth-order valence-electron chi connectivity index (χ4n) is 2.36. The van der Waals surface area contributed by atoms with Crippen molar-refractivity contribution in [1.82, 2.24) is 4.90 Å². The maximum Gasteiger partial charge on any atom is 0.298 e. The van der Waals surface area contributed by atoms with E-state index in [0.29, 0.717) is 21.8 Å². The lowest BCUT2D eigenvalue weighted by Crippen LogP contribution is -2.35. The Morgan fingerprint density at radius 1 is 1.26 bits per heavy atom. The third kappa shape index (κ3) is 9.17. The van der Waals surface area contributed by atoms with Crippen molar-refractivity contribution in [2.45, 2.75) is 79.2 Å². The van der Waals surface area contributed by atoms with E-state index in [1.54, 1.807) is 4.90 Å². The molecule has 2 unspecified atom stereocenters. The fourth-order valence-corrected chi connectivity index (χ4v) is 2.86. The highest BCUT2D eigenvalue weighted by Gasteiger charge is 2.28. The van der Waals surface area contributed by atoms with E-state index in [1.807, 2.05) is 14.0 Å². The van der Waals surface area contributed by atoms with Crippen LogP contribution in [0, 0.1) is 23.2 Å². The first kappa shape index (κ1) is 22.2. The lowest BCUT2D eigenvalue weighted by molar-refractivity contribution is -0.123. The second kappa shape index (κ2) is 10.2. The summed E-state index contributed by atoms with van der Waals surface area (Å²) in [6.45, 7) is 13.9. The molecule has 0 radical (unpaired) electrons. The number of rotatable bonds is 8. The third-order valence-corrected chi connectivity index (χ3v) is 5.39. The summed E-state index contributed by atoms with van der Waals surface area (Å²) in [5, 5.41) is 0. The predicted octanol–water partition coefficient (Wildman–Crippen LogP) is 3.16. The molecule has 0 aliphatic rings. The summed E-state index contributed by atoms with van der Waals surface area (Å²) in [6, 6.07) is 0. The van der Waals surface area contributed by atoms with E-state index in [4.69, 9.17) is 4.43 Å². The van der Waals surface area contributed by atoms with Gasteiger partial charge in [-0.25, -0.2) is 0 Å². The van der Waals surface area contributed by atoms with Crippen LogP contribution < -0.4 is 0 Å². The Morgan fingerprint density at radius 3 is 2.35 bits per heavy atom. The van der Waals surface area contributed by atoms with Crippen LogP contribution in [-0.4, -0.2) is 40.5 Å². The zero-order valence-corrected chi connectivity index (χ0v) is 18.6. The molecule has 3 nitrogen and oxygen atoms in total. The van der Waals surface area contributed by atoms with E-state index in [0.717, 1.165) is 32.2 Å². The molecule has 0 aromatic rings. The first-order valence-electron chi connectivity index (χ1n) is 8.89. The monoisotopic (exact) mass is 339 g/mol. The summed E-state index contributed by atoms with van der Waals surface area (Å²) in [6.07, 6.45) is 5.53. The second-order valence-corrected chi connectivity index (χ2v) is 8.40. The van der Waals surface area contributed by atoms with Crippen molar-refractivity contribution in [2.24, 2.45) is 11.3 Å². The van der Waals surface area contributed by atoms with Crippen LogP contribution in [0.5, 0.6) is 0 Å². The molecule has 0 aromatic carbocycles. The first-order chi connectivity index (χ1) is 10.6. The largest absolute Gasteiger partial charge is 0.412 e. The summed E-state index contributed by atoms with van der Waals surface area (Å²) < 4.78 is 5.79. The van der Waals surface area contributed by atoms with Crippen LogP contribution in [0.25, 0.3) is 0 Å². The highest BCUT2D eigenvalue weighted by Crippen LogP contribution is 2.28. The van der Waals surface area contributed by atoms with Crippen LogP contribution in [-0.2, 0) is 9.22 Å². The molecule has 0 N–H and O–H groups in total. The van der Waals surface area contributed by atoms with Gasteiger partial charge in [0.05, 0.1) is 0 Å². The quantitative estimate of drug-likeness (QED) is 0.502. The molecule has 0 aromatic heterocycles. The molecule has 0 saturated heterocycles. The number of amides is 1. The standard InChI is InChI=1S/C19H37NO2Si/c1-8-9-15-20(7)17(21)12-14-19(6,22-23)16(2)11-10-13-18(3,4)5/h16H,8-11,13,15H2,1-7,23H3. The smallest absolute Gasteiger partial charge is 0.298 e. The molecule has 4 heteroatoms. The van der Waals surface area contributed by atoms with Gasteiger partial charge >= 0.3 is 0 Å². The molecule has 23 heavy (non-hydrogen) atoms. The molecule has 0 bridgehead atoms. The van der Waals surface area contributed by atoms with Gasteiger partial charge in [0.15, 0.2) is 0 Å². The number of hydrogen-bond acceptors (Lipinski definition) is 2. The molecule has 0 fully saturated rings. The molecular weight excluding hydrogens is 302 g/mol. The van der Waals surface area contributed by atoms with E-state index in [2.05, 4.69) is 46.5 Å². The molecule has 0 aliphatic carbocycles. The molecule has 0 heterocycles. The van der Waals surface area contributed by atoms with Gasteiger partial charge in [-0.15, -0.1) is 0 Å². The summed E-state index contributed by atoms with van der Waals surface area (Å²) in [5.74, 6) is 6.14. The Hall–Kier alpha value is -0.793. The molecule has 2 atom stereocenters. The lowest BCUT2D eigenvalue weighted by Gasteiger charge is -2.31. The maximum atomic E-state index is 12.1. The van der Waals surface area contributed by atoms with Gasteiger partial charge in [0.2, 0.25) is 0 Å². The van der Waals surface area contributed by atoms with Gasteiger partial charge in [-0.05, 0) is 43.4 Å². The normalized spacial score (nSPS) is 15.4. The summed E-state index contributed by atoms with van der Waals surface area (Å²) in [7, 11) is 2.44. The van der Waals surface area contributed by atoms with Gasteiger partial charge in [-0.3, -0.25) is 4.79 Å². The molecule has 1 amide bonds. The van der Waals surface area contributed by atoms with Gasteiger partial charge in [0, 0.05) is 13.6 Å². The number of unbranched alkanes of at least 4 members (excludes halogenated alkanes) is 1. The minimum atomic E-state index is -0.509. The lowest BCUT2D eigenvalue weighted by atomic mass is 9.83. The minimum Gasteiger partial charge on any atom is -0.412 e. The zero-order chi connectivity index (χ0) is 18.1. The Kier molecular flexibility index (Phi) is 9.80. The van der Waals surface area contributed by atoms with Crippen molar-refractivity contribution in [1.29, 1.82) is 0 Å². The van der Waals surface area contributed by atoms with E-state index in [9.17, 15) is 4.79 Å². The number of carbonyl (C=O) groups is 1. The molecular formula is C19H37NO2Si. The Labute approximate surface area is 147 Å². The Morgan fingerprint density at radius 2 is 1.87 bits per heavy atom. The SMILES string of the molecule is CCCCN(C)C(=O)C#CC(C)(O[SiH3])C(C)CCCC(C)(C)C. The predicted molar refractivity (Wildman–Crippen MR) is 102 cm³/mol. The van der Waals surface area contributed by atoms with Gasteiger partial charge < -0.3 is 9.33 Å². The van der Waals surface area contributed by atoms with Gasteiger partial charge in [-0.2, -0.15) is 0 Å². The minimum absolute atomic E-state index is 0.106. The summed E-state index contributed by atoms with van der Waals surface area (Å²) in [5.41, 5.74) is -0.146. The van der Waals surface area contributed by atoms with E-state index >= 15 is 0 Å². The van der Waals surface area contributed by atoms with Crippen LogP contribution in [0.15, 0.2) is 0 Å². The Balaban J connectivity index is 4.70. The number of carbonyl (C=O) groups excluding carboxylic acids is 1. The van der Waals surface area contributed by atoms with Crippen molar-refractivity contribution in [3.63, 3.8) is 0 Å². The molecule has 0 rings (SSSR count). The average Bonchev–Trinajstić information content (AvgIpc) is 2.48. The number of nitrogens with zero attached hydrogens (tertiary/aromatic N) is 1.